The Labute approximate surface area is 216 Å². The lowest BCUT2D eigenvalue weighted by Gasteiger charge is -2.32. The summed E-state index contributed by atoms with van der Waals surface area (Å²) in [5.74, 6) is 1.80. The minimum absolute atomic E-state index is 0. The SMILES string of the molecule is CCOC(=O)N1CCC(NC(=NCCCN(C(C)C)C(C)C)NCCc2ccco2)CC1.I. The predicted molar refractivity (Wildman–Crippen MR) is 144 cm³/mol. The van der Waals surface area contributed by atoms with E-state index >= 15 is 0 Å². The molecule has 0 unspecified atom stereocenters. The summed E-state index contributed by atoms with van der Waals surface area (Å²) in [6, 6.07) is 5.26. The topological polar surface area (TPSA) is 82.3 Å². The van der Waals surface area contributed by atoms with Crippen LogP contribution in [-0.2, 0) is 11.2 Å². The molecule has 2 heterocycles. The van der Waals surface area contributed by atoms with E-state index in [0.29, 0.717) is 37.8 Å². The largest absolute Gasteiger partial charge is 0.469 e. The molecule has 0 atom stereocenters. The highest BCUT2D eigenvalue weighted by molar-refractivity contribution is 14.0. The number of likely N-dealkylation sites (tertiary alicyclic amines) is 1. The molecule has 33 heavy (non-hydrogen) atoms. The van der Waals surface area contributed by atoms with Gasteiger partial charge in [0.2, 0.25) is 0 Å². The molecule has 2 rings (SSSR count). The number of amides is 1. The van der Waals surface area contributed by atoms with Gasteiger partial charge in [0.25, 0.3) is 0 Å². The van der Waals surface area contributed by atoms with Gasteiger partial charge in [0, 0.05) is 57.3 Å². The van der Waals surface area contributed by atoms with Gasteiger partial charge in [0.1, 0.15) is 5.76 Å². The van der Waals surface area contributed by atoms with Crippen molar-refractivity contribution in [1.29, 1.82) is 0 Å². The molecular formula is C24H44IN5O3. The van der Waals surface area contributed by atoms with Crippen LogP contribution in [0, 0.1) is 0 Å². The first-order chi connectivity index (χ1) is 15.4. The average molecular weight is 578 g/mol. The normalized spacial score (nSPS) is 15.2. The Hall–Kier alpha value is -1.49. The van der Waals surface area contributed by atoms with Gasteiger partial charge in [-0.3, -0.25) is 9.89 Å². The maximum absolute atomic E-state index is 11.9. The fourth-order valence-corrected chi connectivity index (χ4v) is 4.08. The second-order valence-electron chi connectivity index (χ2n) is 8.87. The zero-order valence-electron chi connectivity index (χ0n) is 21.0. The lowest BCUT2D eigenvalue weighted by Crippen LogP contribution is -2.50. The molecule has 1 saturated heterocycles. The third-order valence-corrected chi connectivity index (χ3v) is 5.78. The Morgan fingerprint density at radius 3 is 2.55 bits per heavy atom. The summed E-state index contributed by atoms with van der Waals surface area (Å²) in [6.07, 6.45) is 5.08. The highest BCUT2D eigenvalue weighted by Gasteiger charge is 2.24. The fraction of sp³-hybridized carbons (Fsp3) is 0.750. The molecule has 1 aromatic rings. The van der Waals surface area contributed by atoms with E-state index in [1.807, 2.05) is 19.1 Å². The molecule has 0 spiro atoms. The van der Waals surface area contributed by atoms with Crippen molar-refractivity contribution in [2.45, 2.75) is 78.4 Å². The summed E-state index contributed by atoms with van der Waals surface area (Å²) in [5, 5.41) is 7.03. The molecule has 0 bridgehead atoms. The third kappa shape index (κ3) is 11.0. The highest BCUT2D eigenvalue weighted by Crippen LogP contribution is 2.12. The standard InChI is InChI=1S/C24H43N5O3.HI/c1-6-31-24(30)28-16-11-21(12-17-28)27-23(26-14-10-22-9-7-18-32-22)25-13-8-15-29(19(2)3)20(4)5;/h7,9,18-21H,6,8,10-17H2,1-5H3,(H2,25,26,27);1H. The van der Waals surface area contributed by atoms with Crippen LogP contribution < -0.4 is 10.6 Å². The first-order valence-electron chi connectivity index (χ1n) is 12.1. The zero-order valence-corrected chi connectivity index (χ0v) is 23.3. The van der Waals surface area contributed by atoms with Crippen molar-refractivity contribution in [3.05, 3.63) is 24.2 Å². The Kier molecular flexibility index (Phi) is 14.5. The second-order valence-corrected chi connectivity index (χ2v) is 8.87. The lowest BCUT2D eigenvalue weighted by molar-refractivity contribution is 0.0963. The van der Waals surface area contributed by atoms with Crippen LogP contribution in [0.4, 0.5) is 4.79 Å². The van der Waals surface area contributed by atoms with E-state index < -0.39 is 0 Å². The summed E-state index contributed by atoms with van der Waals surface area (Å²) in [4.78, 5) is 21.1. The van der Waals surface area contributed by atoms with E-state index in [4.69, 9.17) is 14.1 Å². The van der Waals surface area contributed by atoms with Crippen molar-refractivity contribution >= 4 is 36.0 Å². The van der Waals surface area contributed by atoms with Crippen LogP contribution in [0.15, 0.2) is 27.8 Å². The number of carbonyl (C=O) groups excluding carboxylic acids is 1. The van der Waals surface area contributed by atoms with E-state index in [1.54, 1.807) is 11.2 Å². The van der Waals surface area contributed by atoms with Gasteiger partial charge in [-0.05, 0) is 66.0 Å². The van der Waals surface area contributed by atoms with Gasteiger partial charge >= 0.3 is 6.09 Å². The van der Waals surface area contributed by atoms with Crippen molar-refractivity contribution in [1.82, 2.24) is 20.4 Å². The van der Waals surface area contributed by atoms with Crippen molar-refractivity contribution in [2.75, 3.05) is 39.3 Å². The van der Waals surface area contributed by atoms with Crippen LogP contribution in [0.2, 0.25) is 0 Å². The minimum atomic E-state index is -0.212. The van der Waals surface area contributed by atoms with Crippen molar-refractivity contribution in [3.63, 3.8) is 0 Å². The van der Waals surface area contributed by atoms with E-state index in [-0.39, 0.29) is 30.1 Å². The molecule has 1 amide bonds. The monoisotopic (exact) mass is 577 g/mol. The Bertz CT molecular complexity index is 666. The van der Waals surface area contributed by atoms with Gasteiger partial charge in [0.15, 0.2) is 5.96 Å². The molecule has 1 aromatic heterocycles. The summed E-state index contributed by atoms with van der Waals surface area (Å²) in [5.41, 5.74) is 0. The molecular weight excluding hydrogens is 533 g/mol. The number of guanidine groups is 1. The number of carbonyl (C=O) groups is 1. The first-order valence-corrected chi connectivity index (χ1v) is 12.1. The molecule has 190 valence electrons. The Morgan fingerprint density at radius 2 is 1.97 bits per heavy atom. The van der Waals surface area contributed by atoms with Crippen molar-refractivity contribution in [3.8, 4) is 0 Å². The summed E-state index contributed by atoms with van der Waals surface area (Å²) >= 11 is 0. The number of aliphatic imine (C=N–C) groups is 1. The number of hydrogen-bond donors (Lipinski definition) is 2. The van der Waals surface area contributed by atoms with Gasteiger partial charge in [-0.15, -0.1) is 24.0 Å². The number of nitrogens with one attached hydrogen (secondary N) is 2. The second kappa shape index (κ2) is 16.2. The smallest absolute Gasteiger partial charge is 0.409 e. The number of hydrogen-bond acceptors (Lipinski definition) is 5. The van der Waals surface area contributed by atoms with Crippen LogP contribution in [-0.4, -0.2) is 79.3 Å². The van der Waals surface area contributed by atoms with E-state index in [0.717, 1.165) is 57.0 Å². The fourth-order valence-electron chi connectivity index (χ4n) is 4.08. The summed E-state index contributed by atoms with van der Waals surface area (Å²) in [6.45, 7) is 15.2. The molecule has 1 fully saturated rings. The number of piperidine rings is 1. The van der Waals surface area contributed by atoms with Gasteiger partial charge in [-0.2, -0.15) is 0 Å². The number of halogens is 1. The van der Waals surface area contributed by atoms with Gasteiger partial charge in [-0.1, -0.05) is 0 Å². The molecule has 8 nitrogen and oxygen atoms in total. The maximum Gasteiger partial charge on any atom is 0.409 e. The Balaban J connectivity index is 0.00000544. The van der Waals surface area contributed by atoms with Gasteiger partial charge in [0.05, 0.1) is 12.9 Å². The molecule has 0 saturated carbocycles. The molecule has 1 aliphatic rings. The zero-order chi connectivity index (χ0) is 23.3. The quantitative estimate of drug-likeness (QED) is 0.178. The van der Waals surface area contributed by atoms with Crippen molar-refractivity contribution < 1.29 is 13.9 Å². The van der Waals surface area contributed by atoms with Crippen LogP contribution in [0.1, 0.15) is 59.6 Å². The summed E-state index contributed by atoms with van der Waals surface area (Å²) in [7, 11) is 0. The number of nitrogens with zero attached hydrogens (tertiary/aromatic N) is 3. The third-order valence-electron chi connectivity index (χ3n) is 5.78. The van der Waals surface area contributed by atoms with Crippen molar-refractivity contribution in [2.24, 2.45) is 4.99 Å². The van der Waals surface area contributed by atoms with Crippen LogP contribution in [0.5, 0.6) is 0 Å². The minimum Gasteiger partial charge on any atom is -0.469 e. The molecule has 9 heteroatoms. The van der Waals surface area contributed by atoms with E-state index in [9.17, 15) is 4.79 Å². The molecule has 0 radical (unpaired) electrons. The van der Waals surface area contributed by atoms with Gasteiger partial charge in [-0.25, -0.2) is 4.79 Å². The summed E-state index contributed by atoms with van der Waals surface area (Å²) < 4.78 is 10.6. The lowest BCUT2D eigenvalue weighted by atomic mass is 10.1. The van der Waals surface area contributed by atoms with Gasteiger partial charge < -0.3 is 24.7 Å². The van der Waals surface area contributed by atoms with Crippen LogP contribution in [0.25, 0.3) is 0 Å². The molecule has 2 N–H and O–H groups in total. The van der Waals surface area contributed by atoms with Crippen LogP contribution >= 0.6 is 24.0 Å². The molecule has 1 aliphatic heterocycles. The average Bonchev–Trinajstić information content (AvgIpc) is 3.27. The predicted octanol–water partition coefficient (Wildman–Crippen LogP) is 4.11. The molecule has 0 aromatic carbocycles. The van der Waals surface area contributed by atoms with E-state index in [2.05, 4.69) is 43.2 Å². The maximum atomic E-state index is 11.9. The van der Waals surface area contributed by atoms with E-state index in [1.165, 1.54) is 0 Å². The Morgan fingerprint density at radius 1 is 1.27 bits per heavy atom. The highest BCUT2D eigenvalue weighted by atomic mass is 127. The number of furan rings is 1. The van der Waals surface area contributed by atoms with Crippen LogP contribution in [0.3, 0.4) is 0 Å². The molecule has 0 aliphatic carbocycles. The number of rotatable bonds is 11. The number of ether oxygens (including phenoxy) is 1. The first kappa shape index (κ1) is 29.5.